The van der Waals surface area contributed by atoms with Crippen LogP contribution in [0.5, 0.6) is 0 Å². The Morgan fingerprint density at radius 3 is 2.06 bits per heavy atom. The quantitative estimate of drug-likeness (QED) is 0.214. The highest BCUT2D eigenvalue weighted by molar-refractivity contribution is 6.77. The summed E-state index contributed by atoms with van der Waals surface area (Å²) in [6, 6.07) is 10.5. The van der Waals surface area contributed by atoms with Gasteiger partial charge in [0.2, 0.25) is 10.5 Å². The molecule has 5 heteroatoms. The number of halogens is 2. The second-order valence-electron chi connectivity index (χ2n) is 10.5. The fraction of sp³-hybridized carbons (Fsp3) is 0.481. The second kappa shape index (κ2) is 10.7. The van der Waals surface area contributed by atoms with Crippen molar-refractivity contribution in [2.24, 2.45) is 35.5 Å². The summed E-state index contributed by atoms with van der Waals surface area (Å²) in [6.07, 6.45) is 13.8. The lowest BCUT2D eigenvalue weighted by atomic mass is 9.88. The van der Waals surface area contributed by atoms with Crippen molar-refractivity contribution in [1.29, 1.82) is 0 Å². The molecule has 7 atom stereocenters. The fourth-order valence-electron chi connectivity index (χ4n) is 5.78. The zero-order valence-electron chi connectivity index (χ0n) is 19.2. The summed E-state index contributed by atoms with van der Waals surface area (Å²) in [4.78, 5) is 24.2. The van der Waals surface area contributed by atoms with Gasteiger partial charge in [0.05, 0.1) is 11.8 Å². The van der Waals surface area contributed by atoms with Gasteiger partial charge in [-0.25, -0.2) is 0 Å². The van der Waals surface area contributed by atoms with Gasteiger partial charge in [0, 0.05) is 8.07 Å². The van der Waals surface area contributed by atoms with Crippen molar-refractivity contribution in [1.82, 2.24) is 0 Å². The molecular weight excluding hydrogens is 455 g/mol. The van der Waals surface area contributed by atoms with Crippen LogP contribution in [0.25, 0.3) is 6.08 Å². The van der Waals surface area contributed by atoms with Crippen molar-refractivity contribution in [3.05, 3.63) is 66.8 Å². The Hall–Kier alpha value is -1.42. The second-order valence-corrected chi connectivity index (χ2v) is 16.7. The molecule has 3 rings (SSSR count). The summed E-state index contributed by atoms with van der Waals surface area (Å²) >= 11 is 11.8. The van der Waals surface area contributed by atoms with E-state index in [1.807, 2.05) is 6.07 Å². The molecule has 0 heterocycles. The van der Waals surface area contributed by atoms with Crippen LogP contribution >= 0.6 is 23.2 Å². The largest absolute Gasteiger partial charge is 0.281 e. The highest BCUT2D eigenvalue weighted by Gasteiger charge is 2.47. The molecule has 0 aliphatic heterocycles. The van der Waals surface area contributed by atoms with E-state index in [0.29, 0.717) is 23.8 Å². The van der Waals surface area contributed by atoms with Crippen LogP contribution in [0.1, 0.15) is 24.8 Å². The molecule has 0 aromatic heterocycles. The molecule has 0 spiro atoms. The first-order valence-corrected chi connectivity index (χ1v) is 15.9. The molecule has 172 valence electrons. The van der Waals surface area contributed by atoms with Crippen molar-refractivity contribution < 1.29 is 9.59 Å². The van der Waals surface area contributed by atoms with E-state index >= 15 is 0 Å². The summed E-state index contributed by atoms with van der Waals surface area (Å²) in [7, 11) is -1.34. The first-order valence-electron chi connectivity index (χ1n) is 11.5. The molecule has 0 amide bonds. The molecule has 0 radical (unpaired) electrons. The first-order chi connectivity index (χ1) is 15.1. The third-order valence-corrected chi connectivity index (χ3v) is 10.8. The van der Waals surface area contributed by atoms with Gasteiger partial charge in [-0.2, -0.15) is 0 Å². The molecule has 0 saturated heterocycles. The van der Waals surface area contributed by atoms with Crippen LogP contribution in [0.4, 0.5) is 0 Å². The van der Waals surface area contributed by atoms with Crippen molar-refractivity contribution in [2.75, 3.05) is 0 Å². The summed E-state index contributed by atoms with van der Waals surface area (Å²) in [5.41, 5.74) is 1.95. The van der Waals surface area contributed by atoms with Crippen molar-refractivity contribution in [3.63, 3.8) is 0 Å². The normalized spacial score (nSPS) is 33.2. The van der Waals surface area contributed by atoms with Crippen LogP contribution in [0.15, 0.2) is 61.2 Å². The zero-order valence-corrected chi connectivity index (χ0v) is 21.7. The van der Waals surface area contributed by atoms with Gasteiger partial charge in [0.1, 0.15) is 0 Å². The summed E-state index contributed by atoms with van der Waals surface area (Å²) in [5, 5.41) is -0.964. The van der Waals surface area contributed by atoms with Gasteiger partial charge in [0.25, 0.3) is 0 Å². The smallest absolute Gasteiger partial charge is 0.226 e. The van der Waals surface area contributed by atoms with E-state index in [-0.39, 0.29) is 11.8 Å². The molecule has 0 N–H and O–H groups in total. The molecule has 0 bridgehead atoms. The maximum atomic E-state index is 12.2. The maximum absolute atomic E-state index is 12.2. The van der Waals surface area contributed by atoms with Crippen LogP contribution in [-0.2, 0) is 9.59 Å². The van der Waals surface area contributed by atoms with Gasteiger partial charge in [-0.15, -0.1) is 6.58 Å². The van der Waals surface area contributed by atoms with Crippen molar-refractivity contribution in [3.8, 4) is 0 Å². The van der Waals surface area contributed by atoms with Crippen LogP contribution < -0.4 is 0 Å². The monoisotopic (exact) mass is 488 g/mol. The predicted octanol–water partition coefficient (Wildman–Crippen LogP) is 7.58. The third-order valence-electron chi connectivity index (χ3n) is 7.41. The number of hydrogen-bond acceptors (Lipinski definition) is 2. The number of hydrogen-bond donors (Lipinski definition) is 0. The highest BCUT2D eigenvalue weighted by atomic mass is 35.5. The van der Waals surface area contributed by atoms with Crippen molar-refractivity contribution in [2.45, 2.75) is 44.4 Å². The molecule has 2 saturated carbocycles. The fourth-order valence-corrected chi connectivity index (χ4v) is 8.91. The molecule has 1 aromatic rings. The van der Waals surface area contributed by atoms with Gasteiger partial charge in [-0.3, -0.25) is 9.59 Å². The van der Waals surface area contributed by atoms with E-state index in [4.69, 9.17) is 23.2 Å². The van der Waals surface area contributed by atoms with E-state index in [9.17, 15) is 9.59 Å². The predicted molar refractivity (Wildman–Crippen MR) is 138 cm³/mol. The SMILES string of the molecule is C=C[C@@H]1CC(/C=C/C2CC(/C=C/c3ccccc3)C([Si](C)(C)C)C2)[C@@H](C(=O)Cl)[C@@H]1C(=O)Cl. The Kier molecular flexibility index (Phi) is 8.40. The minimum absolute atomic E-state index is 0.0695. The molecule has 2 aliphatic rings. The Balaban J connectivity index is 1.76. The minimum atomic E-state index is -1.34. The Labute approximate surface area is 203 Å². The van der Waals surface area contributed by atoms with E-state index < -0.39 is 30.4 Å². The maximum Gasteiger partial charge on any atom is 0.226 e. The summed E-state index contributed by atoms with van der Waals surface area (Å²) in [5.74, 6) is -0.292. The molecule has 2 aliphatic carbocycles. The van der Waals surface area contributed by atoms with Crippen LogP contribution in [0, 0.1) is 35.5 Å². The molecular formula is C27H34Cl2O2Si. The van der Waals surface area contributed by atoms with Crippen molar-refractivity contribution >= 4 is 47.8 Å². The molecule has 32 heavy (non-hydrogen) atoms. The average molecular weight is 490 g/mol. The highest BCUT2D eigenvalue weighted by Crippen LogP contribution is 2.49. The number of benzene rings is 1. The van der Waals surface area contributed by atoms with Gasteiger partial charge in [-0.1, -0.05) is 80.4 Å². The van der Waals surface area contributed by atoms with Gasteiger partial charge in [-0.05, 0) is 77.2 Å². The van der Waals surface area contributed by atoms with Crippen LogP contribution in [-0.4, -0.2) is 18.6 Å². The first kappa shape index (κ1) is 25.2. The molecule has 4 unspecified atom stereocenters. The lowest BCUT2D eigenvalue weighted by molar-refractivity contribution is -0.124. The Morgan fingerprint density at radius 1 is 0.875 bits per heavy atom. The Morgan fingerprint density at radius 2 is 1.50 bits per heavy atom. The van der Waals surface area contributed by atoms with E-state index in [1.165, 1.54) is 12.0 Å². The lowest BCUT2D eigenvalue weighted by Crippen LogP contribution is -2.30. The zero-order chi connectivity index (χ0) is 23.5. The number of rotatable bonds is 8. The van der Waals surface area contributed by atoms with Gasteiger partial charge < -0.3 is 0 Å². The minimum Gasteiger partial charge on any atom is -0.281 e. The number of carbonyl (C=O) groups is 2. The molecule has 2 fully saturated rings. The van der Waals surface area contributed by atoms with E-state index in [1.54, 1.807) is 6.08 Å². The Bertz CT molecular complexity index is 887. The molecule has 1 aromatic carbocycles. The summed E-state index contributed by atoms with van der Waals surface area (Å²) < 4.78 is 0. The van der Waals surface area contributed by atoms with E-state index in [0.717, 1.165) is 6.42 Å². The van der Waals surface area contributed by atoms with Crippen LogP contribution in [0.3, 0.4) is 0 Å². The lowest BCUT2D eigenvalue weighted by Gasteiger charge is -2.29. The number of allylic oxidation sites excluding steroid dienone is 4. The molecule has 2 nitrogen and oxygen atoms in total. The standard InChI is InChI=1S/C27H34Cl2O2Si/c1-5-20-17-22(25(27(29)31)24(20)26(28)30)14-12-19-15-21(23(16-19)32(2,3)4)13-11-18-9-7-6-8-10-18/h5-14,19-25H,1,15-17H2,2-4H3/b13-11+,14-12+/t19?,20-,21?,22?,23?,24-,25-/m1/s1. The average Bonchev–Trinajstić information content (AvgIpc) is 3.32. The van der Waals surface area contributed by atoms with Gasteiger partial charge in [0.15, 0.2) is 0 Å². The third kappa shape index (κ3) is 5.92. The number of carbonyl (C=O) groups excluding carboxylic acids is 2. The van der Waals surface area contributed by atoms with Gasteiger partial charge >= 0.3 is 0 Å². The van der Waals surface area contributed by atoms with E-state index in [2.05, 4.69) is 74.8 Å². The topological polar surface area (TPSA) is 34.1 Å². The van der Waals surface area contributed by atoms with Crippen LogP contribution in [0.2, 0.25) is 25.2 Å². The summed E-state index contributed by atoms with van der Waals surface area (Å²) in [6.45, 7) is 11.2.